The first-order valence-electron chi connectivity index (χ1n) is 9.11. The molecule has 0 fully saturated rings. The number of nitrogens with zero attached hydrogens (tertiary/aromatic N) is 2. The predicted molar refractivity (Wildman–Crippen MR) is 115 cm³/mol. The number of amides is 1. The molecule has 3 rings (SSSR count). The van der Waals surface area contributed by atoms with Crippen LogP contribution < -0.4 is 21.3 Å². The second-order valence-electron chi connectivity index (χ2n) is 6.86. The molecule has 0 spiro atoms. The van der Waals surface area contributed by atoms with Crippen molar-refractivity contribution in [3.63, 3.8) is 0 Å². The minimum atomic E-state index is -3.48. The van der Waals surface area contributed by atoms with Gasteiger partial charge in [0.15, 0.2) is 0 Å². The highest BCUT2D eigenvalue weighted by molar-refractivity contribution is 7.92. The second-order valence-corrected chi connectivity index (χ2v) is 8.61. The number of aromatic amines is 1. The molecule has 0 aliphatic rings. The lowest BCUT2D eigenvalue weighted by Crippen LogP contribution is -2.31. The average Bonchev–Trinajstić information content (AvgIpc) is 2.66. The van der Waals surface area contributed by atoms with E-state index >= 15 is 0 Å². The lowest BCUT2D eigenvalue weighted by molar-refractivity contribution is 0.102. The highest BCUT2D eigenvalue weighted by Gasteiger charge is 2.14. The van der Waals surface area contributed by atoms with Gasteiger partial charge in [-0.2, -0.15) is 0 Å². The number of rotatable bonds is 6. The standard InChI is InChI=1S/C19H21N5O5S/c1-4-7-24-16-14(18(26)22-19(24)27)8-12(10-20-16)17(25)21-13-6-5-11(2)15(9-13)23-30(3,28)29/h5-6,8-10,23H,4,7H2,1-3H3,(H,21,25)(H,22,26,27). The van der Waals surface area contributed by atoms with Gasteiger partial charge < -0.3 is 5.32 Å². The maximum Gasteiger partial charge on any atom is 0.329 e. The fourth-order valence-corrected chi connectivity index (χ4v) is 3.56. The number of nitrogens with one attached hydrogen (secondary N) is 3. The van der Waals surface area contributed by atoms with E-state index in [1.165, 1.54) is 22.9 Å². The smallest absolute Gasteiger partial charge is 0.322 e. The summed E-state index contributed by atoms with van der Waals surface area (Å²) in [6.45, 7) is 4.00. The van der Waals surface area contributed by atoms with Crippen LogP contribution >= 0.6 is 0 Å². The summed E-state index contributed by atoms with van der Waals surface area (Å²) in [7, 11) is -3.48. The number of hydrogen-bond donors (Lipinski definition) is 3. The van der Waals surface area contributed by atoms with Crippen molar-refractivity contribution in [2.45, 2.75) is 26.8 Å². The third-order valence-corrected chi connectivity index (χ3v) is 4.92. The Morgan fingerprint density at radius 2 is 1.97 bits per heavy atom. The molecular weight excluding hydrogens is 410 g/mol. The molecule has 3 N–H and O–H groups in total. The van der Waals surface area contributed by atoms with E-state index < -0.39 is 27.2 Å². The van der Waals surface area contributed by atoms with Gasteiger partial charge in [-0.05, 0) is 37.1 Å². The zero-order valence-corrected chi connectivity index (χ0v) is 17.5. The Morgan fingerprint density at radius 3 is 2.63 bits per heavy atom. The van der Waals surface area contributed by atoms with Crippen LogP contribution in [0.3, 0.4) is 0 Å². The topological polar surface area (TPSA) is 143 Å². The first-order valence-corrected chi connectivity index (χ1v) is 11.0. The number of hydrogen-bond acceptors (Lipinski definition) is 6. The monoisotopic (exact) mass is 431 g/mol. The fourth-order valence-electron chi connectivity index (χ4n) is 2.94. The summed E-state index contributed by atoms with van der Waals surface area (Å²) < 4.78 is 26.7. The van der Waals surface area contributed by atoms with Crippen molar-refractivity contribution in [3.8, 4) is 0 Å². The van der Waals surface area contributed by atoms with Crippen molar-refractivity contribution >= 4 is 38.3 Å². The second kappa shape index (κ2) is 8.11. The van der Waals surface area contributed by atoms with E-state index in [-0.39, 0.29) is 16.6 Å². The molecule has 0 saturated carbocycles. The number of fused-ring (bicyclic) bond motifs is 1. The molecule has 11 heteroatoms. The van der Waals surface area contributed by atoms with Crippen molar-refractivity contribution < 1.29 is 13.2 Å². The van der Waals surface area contributed by atoms with E-state index in [4.69, 9.17) is 0 Å². The van der Waals surface area contributed by atoms with Gasteiger partial charge in [-0.1, -0.05) is 13.0 Å². The minimum Gasteiger partial charge on any atom is -0.322 e. The van der Waals surface area contributed by atoms with Gasteiger partial charge in [-0.3, -0.25) is 23.9 Å². The molecule has 0 unspecified atom stereocenters. The van der Waals surface area contributed by atoms with E-state index in [1.54, 1.807) is 19.1 Å². The lowest BCUT2D eigenvalue weighted by Gasteiger charge is -2.12. The van der Waals surface area contributed by atoms with Gasteiger partial charge in [0, 0.05) is 18.4 Å². The minimum absolute atomic E-state index is 0.118. The molecule has 2 heterocycles. The normalized spacial score (nSPS) is 11.4. The SMILES string of the molecule is CCCn1c(=O)[nH]c(=O)c2cc(C(=O)Nc3ccc(C)c(NS(C)(=O)=O)c3)cnc21. The largest absolute Gasteiger partial charge is 0.329 e. The Balaban J connectivity index is 1.95. The lowest BCUT2D eigenvalue weighted by atomic mass is 10.1. The Bertz CT molecular complexity index is 1360. The third kappa shape index (κ3) is 4.57. The quantitative estimate of drug-likeness (QED) is 0.539. The van der Waals surface area contributed by atoms with Gasteiger partial charge in [0.25, 0.3) is 11.5 Å². The van der Waals surface area contributed by atoms with Gasteiger partial charge >= 0.3 is 5.69 Å². The van der Waals surface area contributed by atoms with Crippen LogP contribution in [0.1, 0.15) is 29.3 Å². The molecule has 30 heavy (non-hydrogen) atoms. The Morgan fingerprint density at radius 1 is 1.23 bits per heavy atom. The first-order chi connectivity index (χ1) is 14.1. The van der Waals surface area contributed by atoms with Crippen LogP contribution in [0.2, 0.25) is 0 Å². The number of sulfonamides is 1. The van der Waals surface area contributed by atoms with Crippen molar-refractivity contribution in [2.75, 3.05) is 16.3 Å². The number of anilines is 2. The molecule has 0 radical (unpaired) electrons. The van der Waals surface area contributed by atoms with E-state index in [1.807, 2.05) is 6.92 Å². The molecule has 2 aromatic heterocycles. The molecule has 0 atom stereocenters. The molecular formula is C19H21N5O5S. The van der Waals surface area contributed by atoms with E-state index in [2.05, 4.69) is 20.0 Å². The molecule has 10 nitrogen and oxygen atoms in total. The highest BCUT2D eigenvalue weighted by atomic mass is 32.2. The van der Waals surface area contributed by atoms with E-state index in [0.717, 1.165) is 6.26 Å². The van der Waals surface area contributed by atoms with Crippen LogP contribution in [0.25, 0.3) is 11.0 Å². The van der Waals surface area contributed by atoms with Gasteiger partial charge in [-0.25, -0.2) is 18.2 Å². The van der Waals surface area contributed by atoms with E-state index in [0.29, 0.717) is 29.9 Å². The van der Waals surface area contributed by atoms with Crippen molar-refractivity contribution in [1.82, 2.24) is 14.5 Å². The van der Waals surface area contributed by atoms with Crippen molar-refractivity contribution in [3.05, 3.63) is 62.4 Å². The molecule has 0 aliphatic heterocycles. The van der Waals surface area contributed by atoms with Crippen molar-refractivity contribution in [2.24, 2.45) is 0 Å². The number of benzene rings is 1. The number of aryl methyl sites for hydroxylation is 2. The zero-order valence-electron chi connectivity index (χ0n) is 16.6. The average molecular weight is 431 g/mol. The first kappa shape index (κ1) is 21.2. The zero-order chi connectivity index (χ0) is 22.1. The van der Waals surface area contributed by atoms with Crippen LogP contribution in [0.5, 0.6) is 0 Å². The summed E-state index contributed by atoms with van der Waals surface area (Å²) >= 11 is 0. The molecule has 1 amide bonds. The summed E-state index contributed by atoms with van der Waals surface area (Å²) in [6, 6.07) is 6.15. The van der Waals surface area contributed by atoms with Crippen LogP contribution in [-0.4, -0.2) is 35.1 Å². The maximum absolute atomic E-state index is 12.7. The third-order valence-electron chi connectivity index (χ3n) is 4.33. The van der Waals surface area contributed by atoms with Gasteiger partial charge in [0.2, 0.25) is 10.0 Å². The number of H-pyrrole nitrogens is 1. The summed E-state index contributed by atoms with van der Waals surface area (Å²) in [5, 5.41) is 2.78. The number of pyridine rings is 1. The summed E-state index contributed by atoms with van der Waals surface area (Å²) in [4.78, 5) is 43.2. The van der Waals surface area contributed by atoms with Gasteiger partial charge in [-0.15, -0.1) is 0 Å². The molecule has 0 saturated heterocycles. The Kier molecular flexibility index (Phi) is 5.74. The van der Waals surface area contributed by atoms with Crippen LogP contribution in [0.15, 0.2) is 40.1 Å². The summed E-state index contributed by atoms with van der Waals surface area (Å²) in [5.41, 5.74) is 0.536. The molecule has 0 bridgehead atoms. The predicted octanol–water partition coefficient (Wildman–Crippen LogP) is 1.43. The number of aromatic nitrogens is 3. The van der Waals surface area contributed by atoms with Crippen LogP contribution in [0, 0.1) is 6.92 Å². The Labute approximate surface area is 172 Å². The van der Waals surface area contributed by atoms with Crippen molar-refractivity contribution in [1.29, 1.82) is 0 Å². The fraction of sp³-hybridized carbons (Fsp3) is 0.263. The van der Waals surface area contributed by atoms with Gasteiger partial charge in [0.05, 0.1) is 22.9 Å². The molecule has 1 aromatic carbocycles. The van der Waals surface area contributed by atoms with Gasteiger partial charge in [0.1, 0.15) is 5.65 Å². The molecule has 3 aromatic rings. The van der Waals surface area contributed by atoms with Crippen LogP contribution in [-0.2, 0) is 16.6 Å². The Hall–Kier alpha value is -3.47. The van der Waals surface area contributed by atoms with E-state index in [9.17, 15) is 22.8 Å². The highest BCUT2D eigenvalue weighted by Crippen LogP contribution is 2.22. The molecule has 0 aliphatic carbocycles. The maximum atomic E-state index is 12.7. The van der Waals surface area contributed by atoms with Crippen LogP contribution in [0.4, 0.5) is 11.4 Å². The number of carbonyl (C=O) groups excluding carboxylic acids is 1. The summed E-state index contributed by atoms with van der Waals surface area (Å²) in [6.07, 6.45) is 2.99. The summed E-state index contributed by atoms with van der Waals surface area (Å²) in [5.74, 6) is -0.536. The molecule has 158 valence electrons. The number of carbonyl (C=O) groups is 1.